The van der Waals surface area contributed by atoms with Crippen LogP contribution >= 0.6 is 0 Å². The Morgan fingerprint density at radius 1 is 0.878 bits per heavy atom. The fourth-order valence-electron chi connectivity index (χ4n) is 6.27. The average molecular weight is 659 g/mol. The van der Waals surface area contributed by atoms with Gasteiger partial charge in [-0.3, -0.25) is 10.2 Å². The number of hydrogen-bond acceptors (Lipinski definition) is 7. The van der Waals surface area contributed by atoms with Gasteiger partial charge >= 0.3 is 5.97 Å². The normalized spacial score (nSPS) is 14.2. The Kier molecular flexibility index (Phi) is 10.5. The fourth-order valence-corrected chi connectivity index (χ4v) is 6.27. The number of nitrogens with two attached hydrogens (primary N) is 2. The van der Waals surface area contributed by atoms with Crippen LogP contribution in [0.5, 0.6) is 0 Å². The lowest BCUT2D eigenvalue weighted by atomic mass is 10.1. The third-order valence-corrected chi connectivity index (χ3v) is 9.05. The lowest BCUT2D eigenvalue weighted by Crippen LogP contribution is -2.30. The molecule has 0 saturated carbocycles. The predicted octanol–water partition coefficient (Wildman–Crippen LogP) is 5.37. The van der Waals surface area contributed by atoms with Crippen LogP contribution in [-0.4, -0.2) is 52.0 Å². The Morgan fingerprint density at radius 3 is 2.10 bits per heavy atom. The SMILES string of the molecule is COC(=O)c1ccc(CN(Cc2ccc(CN)cc2)C(=O)c2ccc3c(c2)nc(CCc2ccc(C(=N)N)cc2)n3CC2CCCO2)cc1. The maximum absolute atomic E-state index is 14.3. The number of benzene rings is 4. The number of esters is 1. The summed E-state index contributed by atoms with van der Waals surface area (Å²) in [5.74, 6) is 0.461. The number of aromatic nitrogens is 2. The number of imidazole rings is 1. The van der Waals surface area contributed by atoms with Crippen molar-refractivity contribution in [3.05, 3.63) is 136 Å². The van der Waals surface area contributed by atoms with E-state index in [1.165, 1.54) is 7.11 Å². The maximum Gasteiger partial charge on any atom is 0.337 e. The highest BCUT2D eigenvalue weighted by molar-refractivity contribution is 5.97. The van der Waals surface area contributed by atoms with E-state index in [0.717, 1.165) is 65.0 Å². The van der Waals surface area contributed by atoms with E-state index in [4.69, 9.17) is 31.3 Å². The highest BCUT2D eigenvalue weighted by atomic mass is 16.5. The summed E-state index contributed by atoms with van der Waals surface area (Å²) in [5, 5.41) is 7.67. The van der Waals surface area contributed by atoms with Crippen molar-refractivity contribution in [3.8, 4) is 0 Å². The van der Waals surface area contributed by atoms with Gasteiger partial charge in [0.25, 0.3) is 5.91 Å². The number of nitrogen functional groups attached to an aromatic ring is 1. The van der Waals surface area contributed by atoms with Crippen molar-refractivity contribution in [3.63, 3.8) is 0 Å². The Bertz CT molecular complexity index is 1930. The summed E-state index contributed by atoms with van der Waals surface area (Å²) in [7, 11) is 1.35. The van der Waals surface area contributed by atoms with Gasteiger partial charge in [0.2, 0.25) is 0 Å². The van der Waals surface area contributed by atoms with Gasteiger partial charge in [-0.2, -0.15) is 0 Å². The van der Waals surface area contributed by atoms with Crippen LogP contribution in [0.3, 0.4) is 0 Å². The lowest BCUT2D eigenvalue weighted by Gasteiger charge is -2.23. The molecule has 5 aromatic rings. The van der Waals surface area contributed by atoms with Gasteiger partial charge in [-0.05, 0) is 71.8 Å². The number of carbonyl (C=O) groups is 2. The van der Waals surface area contributed by atoms with Crippen molar-refractivity contribution < 1.29 is 19.1 Å². The van der Waals surface area contributed by atoms with Crippen LogP contribution < -0.4 is 11.5 Å². The number of fused-ring (bicyclic) bond motifs is 1. The van der Waals surface area contributed by atoms with E-state index in [1.807, 2.05) is 78.9 Å². The molecular weight excluding hydrogens is 616 g/mol. The van der Waals surface area contributed by atoms with Crippen molar-refractivity contribution >= 4 is 28.7 Å². The number of amides is 1. The van der Waals surface area contributed by atoms with E-state index < -0.39 is 5.97 Å². The number of ether oxygens (including phenoxy) is 2. The molecule has 5 N–H and O–H groups in total. The van der Waals surface area contributed by atoms with Gasteiger partial charge in [0.15, 0.2) is 0 Å². The maximum atomic E-state index is 14.3. The van der Waals surface area contributed by atoms with E-state index in [2.05, 4.69) is 4.57 Å². The molecule has 252 valence electrons. The summed E-state index contributed by atoms with van der Waals surface area (Å²) in [6.45, 7) is 2.65. The quantitative estimate of drug-likeness (QED) is 0.0875. The second-order valence-corrected chi connectivity index (χ2v) is 12.5. The third-order valence-electron chi connectivity index (χ3n) is 9.05. The molecule has 1 unspecified atom stereocenters. The molecule has 1 aromatic heterocycles. The van der Waals surface area contributed by atoms with Crippen molar-refractivity contribution in [1.29, 1.82) is 5.41 Å². The molecule has 2 heterocycles. The molecule has 1 saturated heterocycles. The molecule has 1 fully saturated rings. The number of nitrogens with one attached hydrogen (secondary N) is 1. The van der Waals surface area contributed by atoms with Crippen LogP contribution in [0.4, 0.5) is 0 Å². The number of carbonyl (C=O) groups excluding carboxylic acids is 2. The van der Waals surface area contributed by atoms with Crippen molar-refractivity contribution in [2.75, 3.05) is 13.7 Å². The van der Waals surface area contributed by atoms with Crippen LogP contribution in [0.2, 0.25) is 0 Å². The van der Waals surface area contributed by atoms with Crippen LogP contribution in [0.1, 0.15) is 67.2 Å². The molecule has 10 heteroatoms. The smallest absolute Gasteiger partial charge is 0.337 e. The molecule has 49 heavy (non-hydrogen) atoms. The minimum Gasteiger partial charge on any atom is -0.465 e. The highest BCUT2D eigenvalue weighted by Gasteiger charge is 2.23. The standard InChI is InChI=1S/C39H42N6O4/c1-48-39(47)31-15-10-29(11-16-31)24-44(23-28-6-4-27(22-40)5-7-28)38(46)32-17-18-35-34(21-32)43-36(45(35)25-33-3-2-20-49-33)19-12-26-8-13-30(14-9-26)37(41)42/h4-11,13-18,21,33H,2-3,12,19-20,22-25,40H2,1H3,(H3,41,42). The molecular formula is C39H42N6O4. The van der Waals surface area contributed by atoms with Crippen LogP contribution in [0.25, 0.3) is 11.0 Å². The van der Waals surface area contributed by atoms with Crippen molar-refractivity contribution in [2.24, 2.45) is 11.5 Å². The first-order valence-corrected chi connectivity index (χ1v) is 16.6. The fraction of sp³-hybridized carbons (Fsp3) is 0.282. The van der Waals surface area contributed by atoms with E-state index in [0.29, 0.717) is 49.3 Å². The van der Waals surface area contributed by atoms with Crippen molar-refractivity contribution in [1.82, 2.24) is 14.5 Å². The van der Waals surface area contributed by atoms with Gasteiger partial charge in [-0.15, -0.1) is 0 Å². The number of methoxy groups -OCH3 is 1. The Morgan fingerprint density at radius 2 is 1.49 bits per heavy atom. The molecule has 0 radical (unpaired) electrons. The zero-order valence-corrected chi connectivity index (χ0v) is 27.7. The first kappa shape index (κ1) is 33.6. The topological polar surface area (TPSA) is 150 Å². The number of rotatable bonds is 13. The largest absolute Gasteiger partial charge is 0.465 e. The summed E-state index contributed by atoms with van der Waals surface area (Å²) in [6.07, 6.45) is 3.65. The molecule has 1 atom stereocenters. The zero-order chi connectivity index (χ0) is 34.3. The molecule has 0 spiro atoms. The Hall–Kier alpha value is -5.32. The van der Waals surface area contributed by atoms with E-state index in [1.54, 1.807) is 17.0 Å². The monoisotopic (exact) mass is 658 g/mol. The number of hydrogen-bond donors (Lipinski definition) is 3. The lowest BCUT2D eigenvalue weighted by molar-refractivity contribution is 0.0600. The van der Waals surface area contributed by atoms with Gasteiger partial charge in [0.1, 0.15) is 11.7 Å². The van der Waals surface area contributed by atoms with Gasteiger partial charge < -0.3 is 30.4 Å². The minimum absolute atomic E-state index is 0.0507. The molecule has 0 bridgehead atoms. The number of amidine groups is 1. The Balaban J connectivity index is 1.29. The third kappa shape index (κ3) is 8.05. The van der Waals surface area contributed by atoms with E-state index in [-0.39, 0.29) is 17.8 Å². The zero-order valence-electron chi connectivity index (χ0n) is 27.7. The van der Waals surface area contributed by atoms with Gasteiger partial charge in [0.05, 0.1) is 36.4 Å². The summed E-state index contributed by atoms with van der Waals surface area (Å²) >= 11 is 0. The summed E-state index contributed by atoms with van der Waals surface area (Å²) in [5.41, 5.74) is 18.9. The van der Waals surface area contributed by atoms with Crippen LogP contribution in [-0.2, 0) is 48.5 Å². The molecule has 10 nitrogen and oxygen atoms in total. The minimum atomic E-state index is -0.406. The summed E-state index contributed by atoms with van der Waals surface area (Å²) < 4.78 is 13.1. The summed E-state index contributed by atoms with van der Waals surface area (Å²) in [4.78, 5) is 33.1. The van der Waals surface area contributed by atoms with Gasteiger partial charge in [-0.1, -0.05) is 60.7 Å². The van der Waals surface area contributed by atoms with Crippen molar-refractivity contribution in [2.45, 2.75) is 58.0 Å². The molecule has 1 aliphatic heterocycles. The first-order chi connectivity index (χ1) is 23.8. The highest BCUT2D eigenvalue weighted by Crippen LogP contribution is 2.25. The first-order valence-electron chi connectivity index (χ1n) is 16.6. The van der Waals surface area contributed by atoms with Crippen LogP contribution in [0, 0.1) is 5.41 Å². The second kappa shape index (κ2) is 15.3. The summed E-state index contributed by atoms with van der Waals surface area (Å²) in [6, 6.07) is 28.6. The van der Waals surface area contributed by atoms with E-state index in [9.17, 15) is 9.59 Å². The van der Waals surface area contributed by atoms with Gasteiger partial charge in [0, 0.05) is 43.8 Å². The van der Waals surface area contributed by atoms with Gasteiger partial charge in [-0.25, -0.2) is 9.78 Å². The second-order valence-electron chi connectivity index (χ2n) is 12.5. The molecule has 0 aliphatic carbocycles. The average Bonchev–Trinajstić information content (AvgIpc) is 3.78. The number of nitrogens with zero attached hydrogens (tertiary/aromatic N) is 3. The molecule has 1 aliphatic rings. The molecule has 4 aromatic carbocycles. The molecule has 1 amide bonds. The molecule has 6 rings (SSSR count). The predicted molar refractivity (Wildman–Crippen MR) is 189 cm³/mol. The number of aryl methyl sites for hydroxylation is 2. The Labute approximate surface area is 286 Å². The van der Waals surface area contributed by atoms with Crippen LogP contribution in [0.15, 0.2) is 91.0 Å². The van der Waals surface area contributed by atoms with E-state index >= 15 is 0 Å².